The van der Waals surface area contributed by atoms with E-state index in [0.29, 0.717) is 12.1 Å². The predicted molar refractivity (Wildman–Crippen MR) is 70.3 cm³/mol. The van der Waals surface area contributed by atoms with Crippen molar-refractivity contribution in [3.8, 4) is 0 Å². The third-order valence-corrected chi connectivity index (χ3v) is 2.50. The van der Waals surface area contributed by atoms with E-state index in [-0.39, 0.29) is 25.0 Å². The molecule has 2 rings (SSSR count). The van der Waals surface area contributed by atoms with Crippen LogP contribution in [0.4, 0.5) is 11.6 Å². The van der Waals surface area contributed by atoms with Gasteiger partial charge < -0.3 is 16.2 Å². The second-order valence-electron chi connectivity index (χ2n) is 4.02. The second kappa shape index (κ2) is 5.96. The molecule has 0 saturated heterocycles. The number of nitrogen functional groups attached to an aromatic ring is 1. The van der Waals surface area contributed by atoms with Crippen molar-refractivity contribution in [1.29, 1.82) is 0 Å². The van der Waals surface area contributed by atoms with Gasteiger partial charge in [-0.1, -0.05) is 12.1 Å². The molecule has 1 heterocycles. The summed E-state index contributed by atoms with van der Waals surface area (Å²) in [5.41, 5.74) is 7.07. The molecule has 0 aliphatic rings. The first-order valence-corrected chi connectivity index (χ1v) is 5.82. The number of carbonyl (C=O) groups is 1. The Kier molecular flexibility index (Phi) is 4.09. The number of hydrogen-bond acceptors (Lipinski definition) is 5. The van der Waals surface area contributed by atoms with Crippen LogP contribution in [-0.4, -0.2) is 32.4 Å². The zero-order chi connectivity index (χ0) is 13.7. The summed E-state index contributed by atoms with van der Waals surface area (Å²) in [6.45, 7) is 0.169. The van der Waals surface area contributed by atoms with Crippen LogP contribution in [0.15, 0.2) is 30.6 Å². The number of carbonyl (C=O) groups excluding carboxylic acids is 1. The summed E-state index contributed by atoms with van der Waals surface area (Å²) < 4.78 is 1.37. The summed E-state index contributed by atoms with van der Waals surface area (Å²) >= 11 is 0. The fourth-order valence-corrected chi connectivity index (χ4v) is 1.62. The number of rotatable bonds is 5. The molecule has 0 saturated carbocycles. The van der Waals surface area contributed by atoms with Crippen LogP contribution in [-0.2, 0) is 17.8 Å². The number of benzene rings is 1. The molecule has 0 fully saturated rings. The number of hydrogen-bond donors (Lipinski definition) is 3. The van der Waals surface area contributed by atoms with Gasteiger partial charge in [-0.3, -0.25) is 4.79 Å². The van der Waals surface area contributed by atoms with E-state index in [1.165, 1.54) is 11.0 Å². The first kappa shape index (κ1) is 13.0. The zero-order valence-electron chi connectivity index (χ0n) is 10.3. The average Bonchev–Trinajstić information content (AvgIpc) is 2.77. The Morgan fingerprint density at radius 2 is 2.11 bits per heavy atom. The van der Waals surface area contributed by atoms with Crippen molar-refractivity contribution in [3.05, 3.63) is 36.2 Å². The molecule has 1 amide bonds. The van der Waals surface area contributed by atoms with E-state index in [4.69, 9.17) is 10.8 Å². The minimum atomic E-state index is -0.209. The molecule has 7 heteroatoms. The van der Waals surface area contributed by atoms with Crippen molar-refractivity contribution in [1.82, 2.24) is 14.8 Å². The highest BCUT2D eigenvalue weighted by Gasteiger charge is 2.05. The molecule has 0 aliphatic heterocycles. The van der Waals surface area contributed by atoms with Gasteiger partial charge in [0.1, 0.15) is 12.9 Å². The number of aliphatic hydroxyl groups is 1. The molecular weight excluding hydrogens is 246 g/mol. The minimum absolute atomic E-state index is 0.0581. The Hall–Kier alpha value is -2.41. The fourth-order valence-electron chi connectivity index (χ4n) is 1.62. The lowest BCUT2D eigenvalue weighted by Crippen LogP contribution is -2.19. The van der Waals surface area contributed by atoms with Crippen LogP contribution in [0.1, 0.15) is 5.56 Å². The van der Waals surface area contributed by atoms with Crippen LogP contribution < -0.4 is 11.1 Å². The summed E-state index contributed by atoms with van der Waals surface area (Å²) in [5.74, 6) is -0.0686. The topological polar surface area (TPSA) is 106 Å². The first-order chi connectivity index (χ1) is 9.17. The van der Waals surface area contributed by atoms with E-state index in [1.807, 2.05) is 12.1 Å². The van der Waals surface area contributed by atoms with Crippen molar-refractivity contribution < 1.29 is 9.90 Å². The van der Waals surface area contributed by atoms with Gasteiger partial charge in [-0.25, -0.2) is 9.67 Å². The van der Waals surface area contributed by atoms with Crippen LogP contribution in [0.2, 0.25) is 0 Å². The zero-order valence-corrected chi connectivity index (χ0v) is 10.3. The SMILES string of the molecule is Nc1ncn(CC(=O)Nc2ccc(CCO)cc2)n1. The molecule has 0 atom stereocenters. The van der Waals surface area contributed by atoms with Gasteiger partial charge in [0.15, 0.2) is 0 Å². The lowest BCUT2D eigenvalue weighted by atomic mass is 10.1. The highest BCUT2D eigenvalue weighted by molar-refractivity contribution is 5.90. The number of anilines is 2. The summed E-state index contributed by atoms with van der Waals surface area (Å²) in [4.78, 5) is 15.5. The number of aliphatic hydroxyl groups excluding tert-OH is 1. The third-order valence-electron chi connectivity index (χ3n) is 2.50. The summed E-state index contributed by atoms with van der Waals surface area (Å²) in [5, 5.41) is 15.4. The number of nitrogens with zero attached hydrogens (tertiary/aromatic N) is 3. The fraction of sp³-hybridized carbons (Fsp3) is 0.250. The second-order valence-corrected chi connectivity index (χ2v) is 4.02. The van der Waals surface area contributed by atoms with E-state index in [9.17, 15) is 4.79 Å². The minimum Gasteiger partial charge on any atom is -0.396 e. The summed E-state index contributed by atoms with van der Waals surface area (Å²) in [7, 11) is 0. The van der Waals surface area contributed by atoms with Crippen molar-refractivity contribution >= 4 is 17.5 Å². The smallest absolute Gasteiger partial charge is 0.246 e. The van der Waals surface area contributed by atoms with Gasteiger partial charge in [-0.2, -0.15) is 0 Å². The maximum Gasteiger partial charge on any atom is 0.246 e. The normalized spacial score (nSPS) is 10.4. The highest BCUT2D eigenvalue weighted by Crippen LogP contribution is 2.10. The molecule has 0 bridgehead atoms. The van der Waals surface area contributed by atoms with Gasteiger partial charge in [0.2, 0.25) is 11.9 Å². The van der Waals surface area contributed by atoms with E-state index >= 15 is 0 Å². The van der Waals surface area contributed by atoms with E-state index in [2.05, 4.69) is 15.4 Å². The van der Waals surface area contributed by atoms with Crippen LogP contribution in [0, 0.1) is 0 Å². The van der Waals surface area contributed by atoms with Crippen molar-refractivity contribution in [2.24, 2.45) is 0 Å². The van der Waals surface area contributed by atoms with Gasteiger partial charge in [0, 0.05) is 12.3 Å². The van der Waals surface area contributed by atoms with Gasteiger partial charge in [-0.15, -0.1) is 5.10 Å². The third kappa shape index (κ3) is 3.78. The lowest BCUT2D eigenvalue weighted by Gasteiger charge is -2.06. The van der Waals surface area contributed by atoms with Gasteiger partial charge in [-0.05, 0) is 24.1 Å². The molecule has 2 aromatic rings. The Bertz CT molecular complexity index is 550. The monoisotopic (exact) mass is 261 g/mol. The highest BCUT2D eigenvalue weighted by atomic mass is 16.3. The Balaban J connectivity index is 1.91. The number of amides is 1. The number of nitrogens with two attached hydrogens (primary N) is 1. The molecule has 7 nitrogen and oxygen atoms in total. The molecular formula is C12H15N5O2. The van der Waals surface area contributed by atoms with Crippen LogP contribution >= 0.6 is 0 Å². The largest absolute Gasteiger partial charge is 0.396 e. The van der Waals surface area contributed by atoms with Gasteiger partial charge >= 0.3 is 0 Å². The van der Waals surface area contributed by atoms with Crippen LogP contribution in [0.3, 0.4) is 0 Å². The molecule has 19 heavy (non-hydrogen) atoms. The number of aromatic nitrogens is 3. The molecule has 0 radical (unpaired) electrons. The van der Waals surface area contributed by atoms with Gasteiger partial charge in [0.05, 0.1) is 0 Å². The van der Waals surface area contributed by atoms with Crippen LogP contribution in [0.25, 0.3) is 0 Å². The molecule has 100 valence electrons. The maximum atomic E-state index is 11.7. The van der Waals surface area contributed by atoms with Crippen molar-refractivity contribution in [2.75, 3.05) is 17.7 Å². The Morgan fingerprint density at radius 3 is 2.68 bits per heavy atom. The van der Waals surface area contributed by atoms with E-state index < -0.39 is 0 Å². The maximum absolute atomic E-state index is 11.7. The Labute approximate surface area is 110 Å². The molecule has 0 aliphatic carbocycles. The first-order valence-electron chi connectivity index (χ1n) is 5.82. The lowest BCUT2D eigenvalue weighted by molar-refractivity contribution is -0.116. The van der Waals surface area contributed by atoms with Crippen LogP contribution in [0.5, 0.6) is 0 Å². The average molecular weight is 261 g/mol. The molecule has 1 aromatic heterocycles. The van der Waals surface area contributed by atoms with Gasteiger partial charge in [0.25, 0.3) is 0 Å². The summed E-state index contributed by atoms with van der Waals surface area (Å²) in [6, 6.07) is 7.30. The standard InChI is InChI=1S/C12H15N5O2/c13-12-14-8-17(16-12)7-11(19)15-10-3-1-9(2-4-10)5-6-18/h1-4,8,18H,5-7H2,(H2,13,16)(H,15,19). The number of nitrogens with one attached hydrogen (secondary N) is 1. The van der Waals surface area contributed by atoms with Crippen molar-refractivity contribution in [3.63, 3.8) is 0 Å². The molecule has 0 unspecified atom stereocenters. The van der Waals surface area contributed by atoms with E-state index in [0.717, 1.165) is 5.56 Å². The van der Waals surface area contributed by atoms with Crippen molar-refractivity contribution in [2.45, 2.75) is 13.0 Å². The predicted octanol–water partition coefficient (Wildman–Crippen LogP) is 0.0338. The quantitative estimate of drug-likeness (QED) is 0.704. The molecule has 4 N–H and O–H groups in total. The summed E-state index contributed by atoms with van der Waals surface area (Å²) in [6.07, 6.45) is 2.01. The molecule has 1 aromatic carbocycles. The van der Waals surface area contributed by atoms with E-state index in [1.54, 1.807) is 12.1 Å². The molecule has 0 spiro atoms. The Morgan fingerprint density at radius 1 is 1.37 bits per heavy atom.